The van der Waals surface area contributed by atoms with Gasteiger partial charge < -0.3 is 0 Å². The lowest BCUT2D eigenvalue weighted by molar-refractivity contribution is 1.07. The number of benzene rings is 15. The molecule has 8 nitrogen and oxygen atoms in total. The first-order valence-corrected chi connectivity index (χ1v) is 36.7. The summed E-state index contributed by atoms with van der Waals surface area (Å²) in [4.78, 5) is 37.3. The molecule has 510 valence electrons. The maximum atomic E-state index is 4.77. The van der Waals surface area contributed by atoms with Crippen molar-refractivity contribution in [2.75, 3.05) is 0 Å². The van der Waals surface area contributed by atoms with Gasteiger partial charge in [-0.25, -0.2) is 15.0 Å². The number of aromatic nitrogens is 8. The van der Waals surface area contributed by atoms with Crippen molar-refractivity contribution in [3.05, 3.63) is 388 Å². The molecule has 0 bridgehead atoms. The second-order valence-electron chi connectivity index (χ2n) is 27.4. The van der Waals surface area contributed by atoms with Crippen molar-refractivity contribution < 1.29 is 0 Å². The molecule has 0 aliphatic heterocycles. The van der Waals surface area contributed by atoms with Gasteiger partial charge in [-0.15, -0.1) is 0 Å². The van der Waals surface area contributed by atoms with E-state index in [1.807, 2.05) is 104 Å². The fraction of sp³-hybridized carbons (Fsp3) is 0.00990. The lowest BCUT2D eigenvalue weighted by atomic mass is 9.85. The first kappa shape index (κ1) is 65.2. The van der Waals surface area contributed by atoms with E-state index in [2.05, 4.69) is 293 Å². The van der Waals surface area contributed by atoms with Crippen molar-refractivity contribution in [1.82, 2.24) is 39.9 Å². The molecule has 0 fully saturated rings. The summed E-state index contributed by atoms with van der Waals surface area (Å²) in [6.07, 6.45) is 7.33. The van der Waals surface area contributed by atoms with Gasteiger partial charge in [-0.2, -0.15) is 0 Å². The van der Waals surface area contributed by atoms with Gasteiger partial charge in [0.15, 0.2) is 17.5 Å². The highest BCUT2D eigenvalue weighted by Crippen LogP contribution is 2.47. The predicted octanol–water partition coefficient (Wildman–Crippen LogP) is 25.9. The van der Waals surface area contributed by atoms with E-state index in [0.29, 0.717) is 17.5 Å². The Morgan fingerprint density at radius 3 is 1.12 bits per heavy atom. The zero-order chi connectivity index (χ0) is 72.6. The van der Waals surface area contributed by atoms with E-state index < -0.39 is 0 Å². The molecular formula is C101H66N8. The average molecular weight is 1390 g/mol. The predicted molar refractivity (Wildman–Crippen MR) is 453 cm³/mol. The molecule has 6 heterocycles. The van der Waals surface area contributed by atoms with E-state index >= 15 is 0 Å². The molecule has 0 unspecified atom stereocenters. The molecule has 0 saturated carbocycles. The number of aryl methyl sites for hydroxylation is 1. The van der Waals surface area contributed by atoms with Crippen molar-refractivity contribution in [3.63, 3.8) is 0 Å². The van der Waals surface area contributed by atoms with Crippen LogP contribution in [-0.2, 0) is 0 Å². The molecule has 0 spiro atoms. The van der Waals surface area contributed by atoms with Gasteiger partial charge in [-0.3, -0.25) is 24.9 Å². The van der Waals surface area contributed by atoms with Gasteiger partial charge >= 0.3 is 0 Å². The average Bonchev–Trinajstić information content (AvgIpc) is 0.740. The number of hydrogen-bond donors (Lipinski definition) is 0. The normalized spacial score (nSPS) is 11.3. The molecule has 6 aromatic heterocycles. The van der Waals surface area contributed by atoms with Gasteiger partial charge in [0.2, 0.25) is 0 Å². The minimum Gasteiger partial charge on any atom is -0.256 e. The Labute approximate surface area is 629 Å². The van der Waals surface area contributed by atoms with Crippen LogP contribution < -0.4 is 0 Å². The number of nitrogens with zero attached hydrogens (tertiary/aromatic N) is 8. The first-order chi connectivity index (χ1) is 53.9. The Morgan fingerprint density at radius 1 is 0.183 bits per heavy atom. The molecule has 0 radical (unpaired) electrons. The van der Waals surface area contributed by atoms with E-state index in [1.165, 1.54) is 120 Å². The third-order valence-corrected chi connectivity index (χ3v) is 20.6. The van der Waals surface area contributed by atoms with Crippen LogP contribution in [0.4, 0.5) is 0 Å². The maximum Gasteiger partial charge on any atom is 0.165 e. The summed E-state index contributed by atoms with van der Waals surface area (Å²) in [7, 11) is 0. The first-order valence-electron chi connectivity index (χ1n) is 36.7. The summed E-state index contributed by atoms with van der Waals surface area (Å²) in [6.45, 7) is 2.04. The maximum absolute atomic E-state index is 4.77. The Kier molecular flexibility index (Phi) is 17.0. The van der Waals surface area contributed by atoms with Gasteiger partial charge in [-0.05, 0) is 171 Å². The third kappa shape index (κ3) is 12.6. The highest BCUT2D eigenvalue weighted by molar-refractivity contribution is 6.23. The Balaban J connectivity index is 0.000000112. The smallest absolute Gasteiger partial charge is 0.165 e. The summed E-state index contributed by atoms with van der Waals surface area (Å²) >= 11 is 0. The minimum absolute atomic E-state index is 0.563. The van der Waals surface area contributed by atoms with Gasteiger partial charge in [0.05, 0.1) is 22.1 Å². The van der Waals surface area contributed by atoms with E-state index in [1.54, 1.807) is 12.4 Å². The van der Waals surface area contributed by atoms with Crippen molar-refractivity contribution in [1.29, 1.82) is 0 Å². The van der Waals surface area contributed by atoms with Gasteiger partial charge in [0, 0.05) is 68.9 Å². The van der Waals surface area contributed by atoms with Crippen molar-refractivity contribution in [2.45, 2.75) is 6.92 Å². The lowest BCUT2D eigenvalue weighted by Crippen LogP contribution is -2.00. The molecule has 21 aromatic rings. The van der Waals surface area contributed by atoms with Crippen LogP contribution in [0.2, 0.25) is 0 Å². The van der Waals surface area contributed by atoms with E-state index in [4.69, 9.17) is 19.9 Å². The van der Waals surface area contributed by atoms with E-state index in [-0.39, 0.29) is 0 Å². The molecule has 0 N–H and O–H groups in total. The van der Waals surface area contributed by atoms with Crippen molar-refractivity contribution >= 4 is 97.6 Å². The standard InChI is InChI=1S/C39H25N.C36H25N.C26H16N6/c1-2-10-29-23-31(22-19-26(29)9-1)39-35-14-6-4-12-33(35)38(34-13-5-7-15-36(34)39)28-20-17-27(18-21-28)32-24-30-11-3-8-16-37(30)40-25-32;1-24-15-16-26-19-22-29(23-34(26)37-24)25-17-20-28(21-18-25)36-32-13-7-5-11-30(32)35(27-9-3-2-4-10-27)31-12-6-8-14-33(31)36;1-3-8-17(9-4-1)24-30-25(18-10-5-2-6-11-18)32-26(31-24)20-14-19-15-28-21-12-7-13-27-23(21)22(19)29-16-20/h1-25H;2-23H,1H3;1-16H. The van der Waals surface area contributed by atoms with E-state index in [0.717, 1.165) is 66.3 Å². The highest BCUT2D eigenvalue weighted by Gasteiger charge is 2.21. The summed E-state index contributed by atoms with van der Waals surface area (Å²) in [5, 5.41) is 15.9. The van der Waals surface area contributed by atoms with Crippen molar-refractivity contribution in [2.24, 2.45) is 0 Å². The zero-order valence-electron chi connectivity index (χ0n) is 59.5. The van der Waals surface area contributed by atoms with Crippen molar-refractivity contribution in [3.8, 4) is 101 Å². The van der Waals surface area contributed by atoms with Crippen LogP contribution in [0.25, 0.3) is 199 Å². The van der Waals surface area contributed by atoms with Crippen LogP contribution in [0.15, 0.2) is 383 Å². The second-order valence-corrected chi connectivity index (χ2v) is 27.4. The summed E-state index contributed by atoms with van der Waals surface area (Å²) in [6, 6.07) is 126. The molecule has 8 heteroatoms. The molecule has 0 atom stereocenters. The number of para-hydroxylation sites is 1. The van der Waals surface area contributed by atoms with Crippen LogP contribution in [0.1, 0.15) is 5.69 Å². The Hall–Kier alpha value is -14.6. The SMILES string of the molecule is Cc1ccc2ccc(-c3ccc(-c4c5ccccc5c(-c5ccccc5)c5ccccc45)cc3)cc2n1.c1ccc(-c2nc(-c3ccccc3)nc(-c3cnc4c(cnc5cccnc54)c3)n2)cc1.c1ccc2cc(-c3c4ccccc4c(-c4ccc(-c5cnc6ccccc6c5)cc4)c4ccccc34)ccc2c1. The van der Waals surface area contributed by atoms with Crippen LogP contribution in [0, 0.1) is 6.92 Å². The number of fused-ring (bicyclic) bond motifs is 10. The monoisotopic (exact) mass is 1390 g/mol. The molecule has 0 aliphatic carbocycles. The summed E-state index contributed by atoms with van der Waals surface area (Å²) in [5.74, 6) is 1.80. The van der Waals surface area contributed by atoms with E-state index in [9.17, 15) is 0 Å². The minimum atomic E-state index is 0.563. The number of rotatable bonds is 9. The molecular weight excluding hydrogens is 1330 g/mol. The van der Waals surface area contributed by atoms with Crippen LogP contribution in [0.3, 0.4) is 0 Å². The quantitative estimate of drug-likeness (QED) is 0.104. The van der Waals surface area contributed by atoms with Crippen LogP contribution in [0.5, 0.6) is 0 Å². The van der Waals surface area contributed by atoms with Crippen LogP contribution in [-0.4, -0.2) is 39.9 Å². The molecule has 21 rings (SSSR count). The zero-order valence-corrected chi connectivity index (χ0v) is 59.5. The molecule has 109 heavy (non-hydrogen) atoms. The largest absolute Gasteiger partial charge is 0.256 e. The molecule has 0 aliphatic rings. The van der Waals surface area contributed by atoms with Crippen LogP contribution >= 0.6 is 0 Å². The molecule has 15 aromatic carbocycles. The number of hydrogen-bond acceptors (Lipinski definition) is 8. The summed E-state index contributed by atoms with van der Waals surface area (Å²) in [5.41, 5.74) is 22.9. The van der Waals surface area contributed by atoms with Gasteiger partial charge in [-0.1, -0.05) is 309 Å². The van der Waals surface area contributed by atoms with Gasteiger partial charge in [0.1, 0.15) is 5.52 Å². The fourth-order valence-corrected chi connectivity index (χ4v) is 15.4. The lowest BCUT2D eigenvalue weighted by Gasteiger charge is -2.18. The van der Waals surface area contributed by atoms with Gasteiger partial charge in [0.25, 0.3) is 0 Å². The molecule has 0 amide bonds. The highest BCUT2D eigenvalue weighted by atomic mass is 15.0. The number of pyridine rings is 5. The fourth-order valence-electron chi connectivity index (χ4n) is 15.4. The Morgan fingerprint density at radius 2 is 0.560 bits per heavy atom. The topological polar surface area (TPSA) is 103 Å². The second kappa shape index (κ2) is 28.5. The molecule has 0 saturated heterocycles. The summed E-state index contributed by atoms with van der Waals surface area (Å²) < 4.78 is 0. The third-order valence-electron chi connectivity index (χ3n) is 20.6. The Bertz CT molecular complexity index is 6860.